The van der Waals surface area contributed by atoms with Crippen molar-refractivity contribution in [1.82, 2.24) is 10.6 Å². The molecule has 2 N–H and O–H groups in total. The predicted octanol–water partition coefficient (Wildman–Crippen LogP) is 3.38. The summed E-state index contributed by atoms with van der Waals surface area (Å²) < 4.78 is 1.13. The second kappa shape index (κ2) is 7.14. The topological polar surface area (TPSA) is 41.1 Å². The molecule has 1 aliphatic heterocycles. The number of amides is 1. The molecular formula is C18H25BrN2O. The summed E-state index contributed by atoms with van der Waals surface area (Å²) in [6, 6.07) is 8.61. The maximum absolute atomic E-state index is 12.4. The number of benzene rings is 1. The SMILES string of the molecule is O=C(NCC1(c2cccc(Br)c2)CCCC1)C1CCNCC1. The van der Waals surface area contributed by atoms with Crippen molar-refractivity contribution in [2.45, 2.75) is 43.9 Å². The van der Waals surface area contributed by atoms with E-state index in [1.165, 1.54) is 31.2 Å². The molecule has 0 spiro atoms. The maximum atomic E-state index is 12.4. The average molecular weight is 365 g/mol. The Morgan fingerprint density at radius 2 is 2.00 bits per heavy atom. The zero-order chi connectivity index (χ0) is 15.4. The van der Waals surface area contributed by atoms with Crippen LogP contribution in [0.15, 0.2) is 28.7 Å². The molecule has 0 aromatic heterocycles. The second-order valence-electron chi connectivity index (χ2n) is 6.74. The van der Waals surface area contributed by atoms with Crippen molar-refractivity contribution in [2.24, 2.45) is 5.92 Å². The van der Waals surface area contributed by atoms with Crippen molar-refractivity contribution in [3.63, 3.8) is 0 Å². The van der Waals surface area contributed by atoms with Crippen LogP contribution in [0.3, 0.4) is 0 Å². The lowest BCUT2D eigenvalue weighted by Crippen LogP contribution is -2.44. The molecule has 3 rings (SSSR count). The van der Waals surface area contributed by atoms with Crippen molar-refractivity contribution in [3.05, 3.63) is 34.3 Å². The first-order valence-electron chi connectivity index (χ1n) is 8.44. The van der Waals surface area contributed by atoms with Crippen molar-refractivity contribution < 1.29 is 4.79 Å². The third-order valence-electron chi connectivity index (χ3n) is 5.31. The van der Waals surface area contributed by atoms with Crippen LogP contribution in [0.5, 0.6) is 0 Å². The lowest BCUT2D eigenvalue weighted by molar-refractivity contribution is -0.126. The van der Waals surface area contributed by atoms with Gasteiger partial charge >= 0.3 is 0 Å². The Balaban J connectivity index is 1.68. The molecular weight excluding hydrogens is 340 g/mol. The van der Waals surface area contributed by atoms with Crippen molar-refractivity contribution in [2.75, 3.05) is 19.6 Å². The lowest BCUT2D eigenvalue weighted by atomic mass is 9.78. The molecule has 1 saturated carbocycles. The van der Waals surface area contributed by atoms with Gasteiger partial charge in [-0.05, 0) is 56.5 Å². The van der Waals surface area contributed by atoms with Crippen LogP contribution in [0, 0.1) is 5.92 Å². The Hall–Kier alpha value is -0.870. The molecule has 1 aromatic carbocycles. The number of halogens is 1. The van der Waals surface area contributed by atoms with Gasteiger partial charge in [-0.1, -0.05) is 40.9 Å². The Labute approximate surface area is 141 Å². The molecule has 0 bridgehead atoms. The zero-order valence-electron chi connectivity index (χ0n) is 13.0. The van der Waals surface area contributed by atoms with Crippen LogP contribution in [-0.2, 0) is 10.2 Å². The molecule has 22 heavy (non-hydrogen) atoms. The van der Waals surface area contributed by atoms with E-state index in [9.17, 15) is 4.79 Å². The van der Waals surface area contributed by atoms with Crippen LogP contribution >= 0.6 is 15.9 Å². The standard InChI is InChI=1S/C18H25BrN2O/c19-16-5-3-4-15(12-16)18(8-1-2-9-18)13-21-17(22)14-6-10-20-11-7-14/h3-5,12,14,20H,1-2,6-11,13H2,(H,21,22). The van der Waals surface area contributed by atoms with Crippen LogP contribution in [0.25, 0.3) is 0 Å². The van der Waals surface area contributed by atoms with E-state index < -0.39 is 0 Å². The zero-order valence-corrected chi connectivity index (χ0v) is 14.6. The van der Waals surface area contributed by atoms with E-state index >= 15 is 0 Å². The van der Waals surface area contributed by atoms with E-state index in [0.29, 0.717) is 0 Å². The smallest absolute Gasteiger partial charge is 0.223 e. The molecule has 0 atom stereocenters. The van der Waals surface area contributed by atoms with E-state index in [1.807, 2.05) is 0 Å². The average Bonchev–Trinajstić information content (AvgIpc) is 3.04. The van der Waals surface area contributed by atoms with Gasteiger partial charge < -0.3 is 10.6 Å². The van der Waals surface area contributed by atoms with Gasteiger partial charge in [-0.25, -0.2) is 0 Å². The predicted molar refractivity (Wildman–Crippen MR) is 92.9 cm³/mol. The van der Waals surface area contributed by atoms with Gasteiger partial charge in [-0.2, -0.15) is 0 Å². The summed E-state index contributed by atoms with van der Waals surface area (Å²) in [5.74, 6) is 0.449. The summed E-state index contributed by atoms with van der Waals surface area (Å²) in [6.07, 6.45) is 6.81. The van der Waals surface area contributed by atoms with Gasteiger partial charge in [-0.3, -0.25) is 4.79 Å². The van der Waals surface area contributed by atoms with E-state index in [2.05, 4.69) is 50.8 Å². The van der Waals surface area contributed by atoms with E-state index in [-0.39, 0.29) is 17.2 Å². The van der Waals surface area contributed by atoms with E-state index in [4.69, 9.17) is 0 Å². The van der Waals surface area contributed by atoms with Gasteiger partial charge in [-0.15, -0.1) is 0 Å². The monoisotopic (exact) mass is 364 g/mol. The highest BCUT2D eigenvalue weighted by Crippen LogP contribution is 2.41. The highest BCUT2D eigenvalue weighted by atomic mass is 79.9. The molecule has 120 valence electrons. The van der Waals surface area contributed by atoms with Gasteiger partial charge in [0.1, 0.15) is 0 Å². The first kappa shape index (κ1) is 16.0. The van der Waals surface area contributed by atoms with Crippen LogP contribution in [-0.4, -0.2) is 25.5 Å². The fourth-order valence-corrected chi connectivity index (χ4v) is 4.32. The highest BCUT2D eigenvalue weighted by molar-refractivity contribution is 9.10. The van der Waals surface area contributed by atoms with Gasteiger partial charge in [0.25, 0.3) is 0 Å². The molecule has 4 heteroatoms. The summed E-state index contributed by atoms with van der Waals surface area (Å²) in [5, 5.41) is 6.59. The first-order valence-corrected chi connectivity index (χ1v) is 9.23. The van der Waals surface area contributed by atoms with Crippen molar-refractivity contribution in [3.8, 4) is 0 Å². The molecule has 1 saturated heterocycles. The lowest BCUT2D eigenvalue weighted by Gasteiger charge is -2.31. The number of piperidine rings is 1. The second-order valence-corrected chi connectivity index (χ2v) is 7.66. The summed E-state index contributed by atoms with van der Waals surface area (Å²) >= 11 is 3.58. The first-order chi connectivity index (χ1) is 10.7. The molecule has 2 aliphatic rings. The number of hydrogen-bond donors (Lipinski definition) is 2. The maximum Gasteiger partial charge on any atom is 0.223 e. The van der Waals surface area contributed by atoms with Crippen LogP contribution in [0.4, 0.5) is 0 Å². The molecule has 1 heterocycles. The molecule has 1 amide bonds. The Bertz CT molecular complexity index is 520. The minimum Gasteiger partial charge on any atom is -0.355 e. The largest absolute Gasteiger partial charge is 0.355 e. The number of rotatable bonds is 4. The molecule has 0 unspecified atom stereocenters. The normalized spacial score (nSPS) is 21.7. The third kappa shape index (κ3) is 3.54. The molecule has 2 fully saturated rings. The Morgan fingerprint density at radius 3 is 2.68 bits per heavy atom. The summed E-state index contributed by atoms with van der Waals surface area (Å²) in [7, 11) is 0. The van der Waals surface area contributed by atoms with Crippen LogP contribution < -0.4 is 10.6 Å². The summed E-state index contributed by atoms with van der Waals surface area (Å²) in [4.78, 5) is 12.4. The molecule has 1 aromatic rings. The number of carbonyl (C=O) groups excluding carboxylic acids is 1. The fraction of sp³-hybridized carbons (Fsp3) is 0.611. The minimum atomic E-state index is 0.131. The summed E-state index contributed by atoms with van der Waals surface area (Å²) in [5.41, 5.74) is 1.50. The molecule has 3 nitrogen and oxygen atoms in total. The fourth-order valence-electron chi connectivity index (χ4n) is 3.92. The van der Waals surface area contributed by atoms with E-state index in [0.717, 1.165) is 36.9 Å². The Morgan fingerprint density at radius 1 is 1.27 bits per heavy atom. The van der Waals surface area contributed by atoms with Crippen molar-refractivity contribution in [1.29, 1.82) is 0 Å². The third-order valence-corrected chi connectivity index (χ3v) is 5.80. The Kier molecular flexibility index (Phi) is 5.19. The molecule has 0 radical (unpaired) electrons. The number of hydrogen-bond acceptors (Lipinski definition) is 2. The number of nitrogens with one attached hydrogen (secondary N) is 2. The highest BCUT2D eigenvalue weighted by Gasteiger charge is 2.36. The number of carbonyl (C=O) groups is 1. The summed E-state index contributed by atoms with van der Waals surface area (Å²) in [6.45, 7) is 2.72. The van der Waals surface area contributed by atoms with Crippen LogP contribution in [0.1, 0.15) is 44.1 Å². The minimum absolute atomic E-state index is 0.131. The van der Waals surface area contributed by atoms with Gasteiger partial charge in [0.05, 0.1) is 0 Å². The van der Waals surface area contributed by atoms with Crippen molar-refractivity contribution >= 4 is 21.8 Å². The van der Waals surface area contributed by atoms with Gasteiger partial charge in [0.15, 0.2) is 0 Å². The van der Waals surface area contributed by atoms with E-state index in [1.54, 1.807) is 0 Å². The van der Waals surface area contributed by atoms with Gasteiger partial charge in [0.2, 0.25) is 5.91 Å². The van der Waals surface area contributed by atoms with Crippen LogP contribution in [0.2, 0.25) is 0 Å². The quantitative estimate of drug-likeness (QED) is 0.859. The van der Waals surface area contributed by atoms with Gasteiger partial charge in [0, 0.05) is 22.4 Å². The molecule has 1 aliphatic carbocycles.